The van der Waals surface area contributed by atoms with Crippen LogP contribution in [0.2, 0.25) is 0 Å². The molecule has 1 amide bonds. The molecule has 0 spiro atoms. The zero-order chi connectivity index (χ0) is 14.3. The first-order valence-corrected chi connectivity index (χ1v) is 6.95. The van der Waals surface area contributed by atoms with Crippen molar-refractivity contribution < 1.29 is 9.21 Å². The van der Waals surface area contributed by atoms with E-state index in [4.69, 9.17) is 10.2 Å². The van der Waals surface area contributed by atoms with Gasteiger partial charge in [0.15, 0.2) is 0 Å². The van der Waals surface area contributed by atoms with Gasteiger partial charge in [0.05, 0.1) is 12.7 Å². The predicted molar refractivity (Wildman–Crippen MR) is 74.3 cm³/mol. The van der Waals surface area contributed by atoms with Crippen LogP contribution in [-0.2, 0) is 17.8 Å². The van der Waals surface area contributed by atoms with Gasteiger partial charge < -0.3 is 15.5 Å². The molecule has 19 heavy (non-hydrogen) atoms. The first-order valence-electron chi connectivity index (χ1n) is 6.95. The first-order chi connectivity index (χ1) is 9.05. The number of nitrogens with zero attached hydrogens (tertiary/aromatic N) is 1. The van der Waals surface area contributed by atoms with Gasteiger partial charge in [0.2, 0.25) is 11.8 Å². The molecule has 1 heterocycles. The molecule has 0 saturated heterocycles. The highest BCUT2D eigenvalue weighted by molar-refractivity contribution is 5.76. The smallest absolute Gasteiger partial charge is 0.220 e. The minimum absolute atomic E-state index is 0.00680. The lowest BCUT2D eigenvalue weighted by Gasteiger charge is -2.16. The van der Waals surface area contributed by atoms with E-state index in [1.165, 1.54) is 0 Å². The van der Waals surface area contributed by atoms with Gasteiger partial charge in [0, 0.05) is 12.8 Å². The van der Waals surface area contributed by atoms with Crippen molar-refractivity contribution in [3.05, 3.63) is 17.8 Å². The third-order valence-corrected chi connectivity index (χ3v) is 3.00. The van der Waals surface area contributed by atoms with E-state index in [9.17, 15) is 4.79 Å². The molecule has 0 unspecified atom stereocenters. The zero-order valence-electron chi connectivity index (χ0n) is 12.1. The number of aryl methyl sites for hydroxylation is 1. The second kappa shape index (κ2) is 7.94. The number of hydrogen-bond acceptors (Lipinski definition) is 4. The molecule has 0 aromatic carbocycles. The number of hydrogen-bond donors (Lipinski definition) is 2. The summed E-state index contributed by atoms with van der Waals surface area (Å²) in [5.74, 6) is 2.20. The number of carbonyl (C=O) groups excluding carboxylic acids is 1. The van der Waals surface area contributed by atoms with Gasteiger partial charge in [-0.3, -0.25) is 4.79 Å². The van der Waals surface area contributed by atoms with Crippen molar-refractivity contribution in [3.63, 3.8) is 0 Å². The molecule has 0 aliphatic carbocycles. The lowest BCUT2D eigenvalue weighted by atomic mass is 9.94. The highest BCUT2D eigenvalue weighted by Gasteiger charge is 2.14. The Balaban J connectivity index is 2.34. The number of amides is 1. The molecule has 0 aliphatic heterocycles. The van der Waals surface area contributed by atoms with E-state index in [2.05, 4.69) is 24.1 Å². The molecule has 0 saturated carbocycles. The van der Waals surface area contributed by atoms with Crippen LogP contribution in [0.3, 0.4) is 0 Å². The highest BCUT2D eigenvalue weighted by Crippen LogP contribution is 2.14. The molecule has 1 rings (SSSR count). The van der Waals surface area contributed by atoms with Crippen LogP contribution in [0.15, 0.2) is 10.6 Å². The van der Waals surface area contributed by atoms with Crippen molar-refractivity contribution in [2.45, 2.75) is 46.6 Å². The van der Waals surface area contributed by atoms with Crippen LogP contribution in [-0.4, -0.2) is 17.4 Å². The highest BCUT2D eigenvalue weighted by atomic mass is 16.4. The van der Waals surface area contributed by atoms with E-state index in [0.29, 0.717) is 31.3 Å². The molecule has 1 aromatic rings. The third-order valence-electron chi connectivity index (χ3n) is 3.00. The van der Waals surface area contributed by atoms with Crippen LogP contribution in [0, 0.1) is 11.8 Å². The summed E-state index contributed by atoms with van der Waals surface area (Å²) in [6.45, 7) is 7.17. The van der Waals surface area contributed by atoms with Crippen LogP contribution in [0.5, 0.6) is 0 Å². The van der Waals surface area contributed by atoms with Gasteiger partial charge in [-0.1, -0.05) is 20.8 Å². The lowest BCUT2D eigenvalue weighted by molar-refractivity contribution is -0.122. The van der Waals surface area contributed by atoms with E-state index in [0.717, 1.165) is 18.6 Å². The van der Waals surface area contributed by atoms with Crippen LogP contribution >= 0.6 is 0 Å². The van der Waals surface area contributed by atoms with E-state index >= 15 is 0 Å². The van der Waals surface area contributed by atoms with Gasteiger partial charge in [-0.05, 0) is 24.8 Å². The molecule has 5 nitrogen and oxygen atoms in total. The van der Waals surface area contributed by atoms with Crippen LogP contribution < -0.4 is 11.1 Å². The van der Waals surface area contributed by atoms with Crippen LogP contribution in [0.4, 0.5) is 0 Å². The third kappa shape index (κ3) is 5.87. The van der Waals surface area contributed by atoms with Crippen molar-refractivity contribution >= 4 is 5.91 Å². The second-order valence-electron chi connectivity index (χ2n) is 5.29. The molecule has 1 atom stereocenters. The summed E-state index contributed by atoms with van der Waals surface area (Å²) < 4.78 is 5.43. The fraction of sp³-hybridized carbons (Fsp3) is 0.714. The molecule has 0 bridgehead atoms. The quantitative estimate of drug-likeness (QED) is 0.753. The maximum Gasteiger partial charge on any atom is 0.220 e. The Morgan fingerprint density at radius 3 is 2.79 bits per heavy atom. The monoisotopic (exact) mass is 267 g/mol. The zero-order valence-corrected chi connectivity index (χ0v) is 12.1. The van der Waals surface area contributed by atoms with Crippen molar-refractivity contribution in [3.8, 4) is 0 Å². The summed E-state index contributed by atoms with van der Waals surface area (Å²) in [4.78, 5) is 15.9. The number of rotatable bonds is 8. The molecule has 1 aromatic heterocycles. The fourth-order valence-electron chi connectivity index (χ4n) is 2.03. The standard InChI is InChI=1S/C14H25N3O2/c1-4-12-8-17-14(19-12)9-16-13(18)6-11(7-15)5-10(2)3/h8,10-11H,4-7,9,15H2,1-3H3,(H,16,18)/t11-/m0/s1. The molecule has 5 heteroatoms. The number of aromatic nitrogens is 1. The Labute approximate surface area is 115 Å². The van der Waals surface area contributed by atoms with Gasteiger partial charge in [0.1, 0.15) is 5.76 Å². The van der Waals surface area contributed by atoms with Gasteiger partial charge in [-0.2, -0.15) is 0 Å². The number of nitrogens with two attached hydrogens (primary N) is 1. The Bertz CT molecular complexity index is 388. The maximum atomic E-state index is 11.8. The Morgan fingerprint density at radius 2 is 2.26 bits per heavy atom. The normalized spacial score (nSPS) is 12.7. The summed E-state index contributed by atoms with van der Waals surface area (Å²) in [5.41, 5.74) is 5.69. The van der Waals surface area contributed by atoms with E-state index in [1.807, 2.05) is 6.92 Å². The number of nitrogens with one attached hydrogen (secondary N) is 1. The van der Waals surface area contributed by atoms with Crippen molar-refractivity contribution in [1.29, 1.82) is 0 Å². The van der Waals surface area contributed by atoms with E-state index in [-0.39, 0.29) is 11.8 Å². The minimum Gasteiger partial charge on any atom is -0.444 e. The fourth-order valence-corrected chi connectivity index (χ4v) is 2.03. The van der Waals surface area contributed by atoms with Crippen molar-refractivity contribution in [2.24, 2.45) is 17.6 Å². The molecule has 0 radical (unpaired) electrons. The summed E-state index contributed by atoms with van der Waals surface area (Å²) in [6.07, 6.45) is 3.95. The van der Waals surface area contributed by atoms with Crippen molar-refractivity contribution in [2.75, 3.05) is 6.54 Å². The van der Waals surface area contributed by atoms with Crippen LogP contribution in [0.1, 0.15) is 45.3 Å². The maximum absolute atomic E-state index is 11.8. The van der Waals surface area contributed by atoms with E-state index < -0.39 is 0 Å². The molecular weight excluding hydrogens is 242 g/mol. The van der Waals surface area contributed by atoms with Gasteiger partial charge in [-0.25, -0.2) is 4.98 Å². The Kier molecular flexibility index (Phi) is 6.56. The largest absolute Gasteiger partial charge is 0.444 e. The predicted octanol–water partition coefficient (Wildman–Crippen LogP) is 1.86. The number of carbonyl (C=O) groups is 1. The van der Waals surface area contributed by atoms with Gasteiger partial charge in [0.25, 0.3) is 0 Å². The average Bonchev–Trinajstić information content (AvgIpc) is 2.83. The Hall–Kier alpha value is -1.36. The molecular formula is C14H25N3O2. The SMILES string of the molecule is CCc1cnc(CNC(=O)C[C@@H](CN)CC(C)C)o1. The van der Waals surface area contributed by atoms with Crippen molar-refractivity contribution in [1.82, 2.24) is 10.3 Å². The number of oxazole rings is 1. The van der Waals surface area contributed by atoms with Crippen LogP contribution in [0.25, 0.3) is 0 Å². The molecule has 0 aliphatic rings. The topological polar surface area (TPSA) is 81.2 Å². The second-order valence-corrected chi connectivity index (χ2v) is 5.29. The molecule has 0 fully saturated rings. The lowest BCUT2D eigenvalue weighted by Crippen LogP contribution is -2.28. The van der Waals surface area contributed by atoms with Gasteiger partial charge in [-0.15, -0.1) is 0 Å². The van der Waals surface area contributed by atoms with E-state index in [1.54, 1.807) is 6.20 Å². The summed E-state index contributed by atoms with van der Waals surface area (Å²) in [5, 5.41) is 2.82. The summed E-state index contributed by atoms with van der Waals surface area (Å²) in [7, 11) is 0. The molecule has 108 valence electrons. The summed E-state index contributed by atoms with van der Waals surface area (Å²) >= 11 is 0. The van der Waals surface area contributed by atoms with Gasteiger partial charge >= 0.3 is 0 Å². The minimum atomic E-state index is 0.00680. The first kappa shape index (κ1) is 15.7. The summed E-state index contributed by atoms with van der Waals surface area (Å²) in [6, 6.07) is 0. The Morgan fingerprint density at radius 1 is 1.53 bits per heavy atom. The molecule has 3 N–H and O–H groups in total. The average molecular weight is 267 g/mol.